The molecule has 194 valence electrons. The quantitative estimate of drug-likeness (QED) is 0.0627. The monoisotopic (exact) mass is 532 g/mol. The van der Waals surface area contributed by atoms with Crippen molar-refractivity contribution in [2.75, 3.05) is 24.6 Å². The van der Waals surface area contributed by atoms with Gasteiger partial charge in [-0.15, -0.1) is 0 Å². The summed E-state index contributed by atoms with van der Waals surface area (Å²) in [5, 5.41) is 0. The molecule has 0 saturated carbocycles. The summed E-state index contributed by atoms with van der Waals surface area (Å²) in [5.74, 6) is 0. The average Bonchev–Trinajstić information content (AvgIpc) is 2.79. The molecule has 0 atom stereocenters. The maximum Gasteiger partial charge on any atom is 0.0594 e. The summed E-state index contributed by atoms with van der Waals surface area (Å²) >= 11 is 0. The Labute approximate surface area is 216 Å². The molecule has 0 amide bonds. The topological polar surface area (TPSA) is 0 Å². The standard InChI is InChI=1S/C30H62P.BrH/c1-5-9-13-14-15-16-17-18-19-20-21-22-23-24-25-26-30-31(27-10-6-2,28-11-7-3)29-12-8-4;/h18-19H,5-17,20-30H2,1-4H3;1H/q+1;/p-1/b19-18+;. The molecule has 2 heteroatoms. The fraction of sp³-hybridized carbons (Fsp3) is 0.933. The zero-order chi connectivity index (χ0) is 22.9. The third-order valence-corrected chi connectivity index (χ3v) is 12.2. The largest absolute Gasteiger partial charge is 1.00 e. The molecule has 0 aromatic heterocycles. The summed E-state index contributed by atoms with van der Waals surface area (Å²) in [6, 6.07) is 0. The first-order valence-electron chi connectivity index (χ1n) is 14.7. The van der Waals surface area contributed by atoms with Crippen molar-refractivity contribution in [2.45, 2.75) is 156 Å². The first-order chi connectivity index (χ1) is 15.2. The Bertz CT molecular complexity index is 344. The van der Waals surface area contributed by atoms with Crippen LogP contribution in [0, 0.1) is 0 Å². The molecule has 0 spiro atoms. The number of allylic oxidation sites excluding steroid dienone is 2. The van der Waals surface area contributed by atoms with Crippen LogP contribution in [0.5, 0.6) is 0 Å². The average molecular weight is 534 g/mol. The summed E-state index contributed by atoms with van der Waals surface area (Å²) in [6.45, 7) is 9.46. The predicted molar refractivity (Wildman–Crippen MR) is 151 cm³/mol. The van der Waals surface area contributed by atoms with Crippen LogP contribution >= 0.6 is 7.26 Å². The summed E-state index contributed by atoms with van der Waals surface area (Å²) in [5.41, 5.74) is 0. The second-order valence-corrected chi connectivity index (χ2v) is 14.7. The fourth-order valence-corrected chi connectivity index (χ4v) is 10.0. The van der Waals surface area contributed by atoms with E-state index in [0.717, 1.165) is 0 Å². The Morgan fingerprint density at radius 3 is 1.09 bits per heavy atom. The zero-order valence-electron chi connectivity index (χ0n) is 23.0. The third-order valence-electron chi connectivity index (χ3n) is 7.10. The van der Waals surface area contributed by atoms with Gasteiger partial charge in [0.15, 0.2) is 0 Å². The van der Waals surface area contributed by atoms with E-state index in [-0.39, 0.29) is 17.0 Å². The summed E-state index contributed by atoms with van der Waals surface area (Å²) < 4.78 is 0. The normalized spacial score (nSPS) is 11.9. The minimum absolute atomic E-state index is 0. The predicted octanol–water partition coefficient (Wildman–Crippen LogP) is 8.45. The summed E-state index contributed by atoms with van der Waals surface area (Å²) in [7, 11) is -0.643. The number of hydrogen-bond acceptors (Lipinski definition) is 0. The molecule has 0 aliphatic carbocycles. The van der Waals surface area contributed by atoms with Crippen LogP contribution in [-0.4, -0.2) is 24.6 Å². The highest BCUT2D eigenvalue weighted by atomic mass is 79.9. The Kier molecular flexibility index (Phi) is 30.3. The second kappa shape index (κ2) is 27.9. The van der Waals surface area contributed by atoms with Gasteiger partial charge in [0, 0.05) is 7.26 Å². The van der Waals surface area contributed by atoms with Gasteiger partial charge in [0.2, 0.25) is 0 Å². The van der Waals surface area contributed by atoms with E-state index in [1.165, 1.54) is 128 Å². The van der Waals surface area contributed by atoms with Crippen molar-refractivity contribution in [3.8, 4) is 0 Å². The maximum absolute atomic E-state index is 2.46. The minimum atomic E-state index is -0.643. The SMILES string of the molecule is CCCCCCCC/C=C/CCCCCCCC[P+](CCCC)(CCCC)CCCC.[Br-]. The van der Waals surface area contributed by atoms with E-state index < -0.39 is 7.26 Å². The van der Waals surface area contributed by atoms with Crippen LogP contribution in [0.2, 0.25) is 0 Å². The van der Waals surface area contributed by atoms with E-state index in [4.69, 9.17) is 0 Å². The molecule has 0 fully saturated rings. The highest BCUT2D eigenvalue weighted by molar-refractivity contribution is 7.75. The van der Waals surface area contributed by atoms with Gasteiger partial charge in [0.1, 0.15) is 0 Å². The summed E-state index contributed by atoms with van der Waals surface area (Å²) in [4.78, 5) is 0. The van der Waals surface area contributed by atoms with Gasteiger partial charge in [-0.3, -0.25) is 0 Å². The molecule has 32 heavy (non-hydrogen) atoms. The minimum Gasteiger partial charge on any atom is -1.00 e. The van der Waals surface area contributed by atoms with Gasteiger partial charge < -0.3 is 17.0 Å². The summed E-state index contributed by atoms with van der Waals surface area (Å²) in [6.07, 6.45) is 40.0. The van der Waals surface area contributed by atoms with E-state index in [2.05, 4.69) is 39.8 Å². The van der Waals surface area contributed by atoms with Crippen molar-refractivity contribution in [1.29, 1.82) is 0 Å². The van der Waals surface area contributed by atoms with E-state index in [0.29, 0.717) is 0 Å². The lowest BCUT2D eigenvalue weighted by atomic mass is 10.1. The molecule has 0 heterocycles. The zero-order valence-corrected chi connectivity index (χ0v) is 25.4. The van der Waals surface area contributed by atoms with Crippen LogP contribution in [0.15, 0.2) is 12.2 Å². The lowest BCUT2D eigenvalue weighted by Crippen LogP contribution is -3.00. The second-order valence-electron chi connectivity index (χ2n) is 10.2. The third kappa shape index (κ3) is 22.4. The highest BCUT2D eigenvalue weighted by Crippen LogP contribution is 2.61. The van der Waals surface area contributed by atoms with Crippen LogP contribution in [-0.2, 0) is 0 Å². The highest BCUT2D eigenvalue weighted by Gasteiger charge is 2.34. The smallest absolute Gasteiger partial charge is 0.0594 e. The Hall–Kier alpha value is 0.650. The van der Waals surface area contributed by atoms with Gasteiger partial charge in [-0.05, 0) is 57.8 Å². The first kappa shape index (κ1) is 34.8. The molecule has 0 aliphatic heterocycles. The molecule has 0 unspecified atom stereocenters. The van der Waals surface area contributed by atoms with Gasteiger partial charge in [-0.25, -0.2) is 0 Å². The van der Waals surface area contributed by atoms with Crippen LogP contribution in [0.25, 0.3) is 0 Å². The number of unbranched alkanes of at least 4 members (excludes halogenated alkanes) is 15. The fourth-order valence-electron chi connectivity index (χ4n) is 4.85. The number of hydrogen-bond donors (Lipinski definition) is 0. The molecule has 0 aromatic carbocycles. The van der Waals surface area contributed by atoms with E-state index in [9.17, 15) is 0 Å². The number of rotatable bonds is 25. The lowest BCUT2D eigenvalue weighted by Gasteiger charge is -2.28. The first-order valence-corrected chi connectivity index (χ1v) is 17.3. The van der Waals surface area contributed by atoms with Crippen molar-refractivity contribution >= 4 is 7.26 Å². The van der Waals surface area contributed by atoms with Crippen LogP contribution < -0.4 is 17.0 Å². The molecular weight excluding hydrogens is 471 g/mol. The Morgan fingerprint density at radius 2 is 0.688 bits per heavy atom. The Balaban J connectivity index is 0. The van der Waals surface area contributed by atoms with Crippen molar-refractivity contribution in [1.82, 2.24) is 0 Å². The molecule has 0 N–H and O–H groups in total. The van der Waals surface area contributed by atoms with Crippen molar-refractivity contribution < 1.29 is 17.0 Å². The van der Waals surface area contributed by atoms with Crippen LogP contribution in [0.3, 0.4) is 0 Å². The van der Waals surface area contributed by atoms with Crippen LogP contribution in [0.1, 0.15) is 156 Å². The van der Waals surface area contributed by atoms with E-state index >= 15 is 0 Å². The number of halogens is 1. The molecule has 0 aromatic rings. The molecule has 0 aliphatic rings. The van der Waals surface area contributed by atoms with Gasteiger partial charge in [0.05, 0.1) is 24.6 Å². The van der Waals surface area contributed by atoms with Crippen molar-refractivity contribution in [2.24, 2.45) is 0 Å². The van der Waals surface area contributed by atoms with Crippen molar-refractivity contribution in [3.63, 3.8) is 0 Å². The van der Waals surface area contributed by atoms with Crippen LogP contribution in [0.4, 0.5) is 0 Å². The molecule has 0 rings (SSSR count). The lowest BCUT2D eigenvalue weighted by molar-refractivity contribution is -0.00000705. The molecule has 0 saturated heterocycles. The Morgan fingerprint density at radius 1 is 0.375 bits per heavy atom. The molecule has 0 radical (unpaired) electrons. The maximum atomic E-state index is 2.46. The van der Waals surface area contributed by atoms with Crippen molar-refractivity contribution in [3.05, 3.63) is 12.2 Å². The van der Waals surface area contributed by atoms with Gasteiger partial charge in [-0.2, -0.15) is 0 Å². The van der Waals surface area contributed by atoms with Gasteiger partial charge in [-0.1, -0.05) is 110 Å². The van der Waals surface area contributed by atoms with Gasteiger partial charge >= 0.3 is 0 Å². The van der Waals surface area contributed by atoms with E-state index in [1.54, 1.807) is 24.6 Å². The van der Waals surface area contributed by atoms with E-state index in [1.807, 2.05) is 0 Å². The molecule has 0 nitrogen and oxygen atoms in total. The molecular formula is C30H62BrP. The molecule has 0 bridgehead atoms. The van der Waals surface area contributed by atoms with Gasteiger partial charge in [0.25, 0.3) is 0 Å².